The second-order valence-electron chi connectivity index (χ2n) is 5.15. The predicted octanol–water partition coefficient (Wildman–Crippen LogP) is 4.57. The van der Waals surface area contributed by atoms with Crippen molar-refractivity contribution in [3.05, 3.63) is 40.8 Å². The zero-order valence-electron chi connectivity index (χ0n) is 12.0. The summed E-state index contributed by atoms with van der Waals surface area (Å²) >= 11 is 3.45. The Hall–Kier alpha value is -1.46. The van der Waals surface area contributed by atoms with Crippen molar-refractivity contribution in [2.45, 2.75) is 26.8 Å². The molecule has 0 saturated heterocycles. The number of halogens is 2. The molecule has 6 heteroatoms. The SMILES string of the molecule is Cc1cc(-c2cnn(C(C)C)c2)nc2ncc(Br)cc12.Cl. The quantitative estimate of drug-likeness (QED) is 0.666. The van der Waals surface area contributed by atoms with Crippen molar-refractivity contribution >= 4 is 39.4 Å². The standard InChI is InChI=1S/C15H15BrN4.ClH/c1-9(2)20-8-11(6-18-20)14-4-10(3)13-5-12(16)7-17-15(13)19-14;/h4-9H,1-3H3;1H. The second-order valence-corrected chi connectivity index (χ2v) is 6.07. The van der Waals surface area contributed by atoms with Crippen LogP contribution < -0.4 is 0 Å². The highest BCUT2D eigenvalue weighted by molar-refractivity contribution is 9.10. The number of pyridine rings is 2. The average molecular weight is 368 g/mol. The van der Waals surface area contributed by atoms with E-state index in [1.165, 1.54) is 0 Å². The molecule has 3 rings (SSSR count). The maximum absolute atomic E-state index is 4.63. The molecule has 3 aromatic rings. The van der Waals surface area contributed by atoms with Crippen LogP contribution in [0.15, 0.2) is 35.2 Å². The lowest BCUT2D eigenvalue weighted by Crippen LogP contribution is -1.99. The molecule has 4 nitrogen and oxygen atoms in total. The normalized spacial score (nSPS) is 10.9. The molecule has 110 valence electrons. The molecule has 0 spiro atoms. The first-order chi connectivity index (χ1) is 9.54. The fraction of sp³-hybridized carbons (Fsp3) is 0.267. The van der Waals surface area contributed by atoms with Gasteiger partial charge in [-0.1, -0.05) is 0 Å². The Labute approximate surface area is 138 Å². The zero-order chi connectivity index (χ0) is 14.3. The van der Waals surface area contributed by atoms with Crippen molar-refractivity contribution in [2.75, 3.05) is 0 Å². The third-order valence-corrected chi connectivity index (χ3v) is 3.70. The Kier molecular flexibility index (Phi) is 4.64. The number of rotatable bonds is 2. The van der Waals surface area contributed by atoms with Crippen LogP contribution in [-0.2, 0) is 0 Å². The summed E-state index contributed by atoms with van der Waals surface area (Å²) in [4.78, 5) is 9.02. The molecule has 0 radical (unpaired) electrons. The van der Waals surface area contributed by atoms with Crippen LogP contribution in [0.3, 0.4) is 0 Å². The summed E-state index contributed by atoms with van der Waals surface area (Å²) < 4.78 is 2.90. The maximum Gasteiger partial charge on any atom is 0.160 e. The van der Waals surface area contributed by atoms with Crippen molar-refractivity contribution in [3.8, 4) is 11.3 Å². The van der Waals surface area contributed by atoms with Gasteiger partial charge in [-0.05, 0) is 54.4 Å². The zero-order valence-corrected chi connectivity index (χ0v) is 14.4. The van der Waals surface area contributed by atoms with Gasteiger partial charge in [0, 0.05) is 33.9 Å². The smallest absolute Gasteiger partial charge is 0.160 e. The molecule has 21 heavy (non-hydrogen) atoms. The van der Waals surface area contributed by atoms with Crippen LogP contribution in [0.1, 0.15) is 25.5 Å². The van der Waals surface area contributed by atoms with Crippen LogP contribution >= 0.6 is 28.3 Å². The van der Waals surface area contributed by atoms with E-state index in [4.69, 9.17) is 0 Å². The summed E-state index contributed by atoms with van der Waals surface area (Å²) in [7, 11) is 0. The van der Waals surface area contributed by atoms with Crippen LogP contribution in [0.2, 0.25) is 0 Å². The number of hydrogen-bond acceptors (Lipinski definition) is 3. The van der Waals surface area contributed by atoms with Gasteiger partial charge in [-0.15, -0.1) is 12.4 Å². The van der Waals surface area contributed by atoms with Crippen LogP contribution in [0.5, 0.6) is 0 Å². The van der Waals surface area contributed by atoms with Gasteiger partial charge in [-0.25, -0.2) is 9.97 Å². The first-order valence-electron chi connectivity index (χ1n) is 6.52. The molecule has 0 saturated carbocycles. The number of hydrogen-bond donors (Lipinski definition) is 0. The molecule has 0 aromatic carbocycles. The van der Waals surface area contributed by atoms with Gasteiger partial charge in [0.05, 0.1) is 11.9 Å². The Bertz CT molecular complexity index is 782. The molecular weight excluding hydrogens is 352 g/mol. The van der Waals surface area contributed by atoms with E-state index in [9.17, 15) is 0 Å². The molecule has 0 bridgehead atoms. The minimum Gasteiger partial charge on any atom is -0.270 e. The Morgan fingerprint density at radius 3 is 2.62 bits per heavy atom. The molecule has 0 atom stereocenters. The Balaban J connectivity index is 0.00000161. The van der Waals surface area contributed by atoms with E-state index in [0.717, 1.165) is 32.3 Å². The summed E-state index contributed by atoms with van der Waals surface area (Å²) in [6.07, 6.45) is 5.65. The van der Waals surface area contributed by atoms with Crippen molar-refractivity contribution < 1.29 is 0 Å². The summed E-state index contributed by atoms with van der Waals surface area (Å²) in [5, 5.41) is 5.43. The largest absolute Gasteiger partial charge is 0.270 e. The van der Waals surface area contributed by atoms with Gasteiger partial charge in [0.2, 0.25) is 0 Å². The fourth-order valence-electron chi connectivity index (χ4n) is 2.14. The van der Waals surface area contributed by atoms with Crippen molar-refractivity contribution in [1.29, 1.82) is 0 Å². The molecule has 0 unspecified atom stereocenters. The molecule has 0 fully saturated rings. The predicted molar refractivity (Wildman–Crippen MR) is 90.8 cm³/mol. The first kappa shape index (κ1) is 15.9. The van der Waals surface area contributed by atoms with E-state index >= 15 is 0 Å². The molecule has 0 aliphatic carbocycles. The summed E-state index contributed by atoms with van der Waals surface area (Å²) in [5.74, 6) is 0. The number of aryl methyl sites for hydroxylation is 1. The van der Waals surface area contributed by atoms with Gasteiger partial charge in [-0.2, -0.15) is 5.10 Å². The van der Waals surface area contributed by atoms with Gasteiger partial charge in [0.1, 0.15) is 0 Å². The van der Waals surface area contributed by atoms with Crippen LogP contribution in [0, 0.1) is 6.92 Å². The minimum absolute atomic E-state index is 0. The fourth-order valence-corrected chi connectivity index (χ4v) is 2.47. The summed E-state index contributed by atoms with van der Waals surface area (Å²) in [6, 6.07) is 4.48. The lowest BCUT2D eigenvalue weighted by Gasteiger charge is -2.05. The lowest BCUT2D eigenvalue weighted by atomic mass is 10.1. The van der Waals surface area contributed by atoms with Gasteiger partial charge in [0.15, 0.2) is 5.65 Å². The van der Waals surface area contributed by atoms with Crippen LogP contribution in [0.4, 0.5) is 0 Å². The van der Waals surface area contributed by atoms with Crippen LogP contribution in [-0.4, -0.2) is 19.7 Å². The maximum atomic E-state index is 4.63. The van der Waals surface area contributed by atoms with Crippen molar-refractivity contribution in [1.82, 2.24) is 19.7 Å². The highest BCUT2D eigenvalue weighted by Gasteiger charge is 2.09. The monoisotopic (exact) mass is 366 g/mol. The van der Waals surface area contributed by atoms with Gasteiger partial charge in [0.25, 0.3) is 0 Å². The highest BCUT2D eigenvalue weighted by Crippen LogP contribution is 2.25. The minimum atomic E-state index is 0. The van der Waals surface area contributed by atoms with Crippen molar-refractivity contribution in [2.24, 2.45) is 0 Å². The van der Waals surface area contributed by atoms with E-state index in [1.54, 1.807) is 6.20 Å². The second kappa shape index (κ2) is 6.12. The van der Waals surface area contributed by atoms with Crippen LogP contribution in [0.25, 0.3) is 22.3 Å². The number of nitrogens with zero attached hydrogens (tertiary/aromatic N) is 4. The Morgan fingerprint density at radius 2 is 1.95 bits per heavy atom. The number of fused-ring (bicyclic) bond motifs is 1. The molecule has 0 amide bonds. The van der Waals surface area contributed by atoms with E-state index in [-0.39, 0.29) is 12.4 Å². The Morgan fingerprint density at radius 1 is 1.19 bits per heavy atom. The molecular formula is C15H16BrClN4. The average Bonchev–Trinajstić information content (AvgIpc) is 2.89. The highest BCUT2D eigenvalue weighted by atomic mass is 79.9. The topological polar surface area (TPSA) is 43.6 Å². The van der Waals surface area contributed by atoms with E-state index in [1.807, 2.05) is 23.1 Å². The third kappa shape index (κ3) is 3.09. The van der Waals surface area contributed by atoms with Gasteiger partial charge in [-0.3, -0.25) is 4.68 Å². The first-order valence-corrected chi connectivity index (χ1v) is 7.31. The van der Waals surface area contributed by atoms with Gasteiger partial charge >= 0.3 is 0 Å². The molecule has 0 aliphatic heterocycles. The van der Waals surface area contributed by atoms with Crippen molar-refractivity contribution in [3.63, 3.8) is 0 Å². The lowest BCUT2D eigenvalue weighted by molar-refractivity contribution is 0.532. The summed E-state index contributed by atoms with van der Waals surface area (Å²) in [5.41, 5.74) is 3.86. The van der Waals surface area contributed by atoms with Gasteiger partial charge < -0.3 is 0 Å². The molecule has 0 aliphatic rings. The van der Waals surface area contributed by atoms with E-state index in [2.05, 4.69) is 57.8 Å². The molecule has 3 heterocycles. The molecule has 0 N–H and O–H groups in total. The van der Waals surface area contributed by atoms with E-state index in [0.29, 0.717) is 6.04 Å². The number of aromatic nitrogens is 4. The molecule has 3 aromatic heterocycles. The third-order valence-electron chi connectivity index (χ3n) is 3.26. The van der Waals surface area contributed by atoms with E-state index < -0.39 is 0 Å². The summed E-state index contributed by atoms with van der Waals surface area (Å²) in [6.45, 7) is 6.29.